The molecule has 0 heterocycles. The third-order valence-electron chi connectivity index (χ3n) is 2.77. The van der Waals surface area contributed by atoms with Gasteiger partial charge in [-0.3, -0.25) is 4.79 Å². The molecule has 2 aromatic carbocycles. The molecule has 0 amide bonds. The lowest BCUT2D eigenvalue weighted by Crippen LogP contribution is -2.05. The first-order valence-corrected chi connectivity index (χ1v) is 5.72. The third-order valence-corrected chi connectivity index (χ3v) is 2.77. The summed E-state index contributed by atoms with van der Waals surface area (Å²) in [5.41, 5.74) is 2.76. The van der Waals surface area contributed by atoms with E-state index in [1.807, 2.05) is 42.5 Å². The Morgan fingerprint density at radius 3 is 2.06 bits per heavy atom. The Balaban J connectivity index is 2.18. The molecular formula is C15H14O3. The van der Waals surface area contributed by atoms with E-state index in [1.165, 1.54) is 0 Å². The molecule has 0 saturated heterocycles. The van der Waals surface area contributed by atoms with Gasteiger partial charge in [-0.05, 0) is 16.7 Å². The minimum absolute atomic E-state index is 0.273. The van der Waals surface area contributed by atoms with Crippen molar-refractivity contribution in [1.82, 2.24) is 0 Å². The van der Waals surface area contributed by atoms with Gasteiger partial charge in [-0.1, -0.05) is 54.6 Å². The van der Waals surface area contributed by atoms with E-state index in [0.29, 0.717) is 5.56 Å². The fraction of sp³-hybridized carbons (Fsp3) is 0.133. The van der Waals surface area contributed by atoms with E-state index in [4.69, 9.17) is 5.11 Å². The molecule has 2 aromatic rings. The molecule has 0 bridgehead atoms. The number of carboxylic acids is 1. The normalized spacial score (nSPS) is 12.1. The summed E-state index contributed by atoms with van der Waals surface area (Å²) in [6.07, 6.45) is -1.22. The Morgan fingerprint density at radius 1 is 0.944 bits per heavy atom. The second-order valence-electron chi connectivity index (χ2n) is 4.10. The topological polar surface area (TPSA) is 57.5 Å². The molecule has 0 aliphatic rings. The molecular weight excluding hydrogens is 228 g/mol. The maximum atomic E-state index is 10.5. The molecule has 0 aromatic heterocycles. The van der Waals surface area contributed by atoms with Crippen LogP contribution in [-0.2, 0) is 4.79 Å². The molecule has 3 heteroatoms. The SMILES string of the molecule is O=C(O)CC(O)c1ccc(-c2ccccc2)cc1. The first-order chi connectivity index (χ1) is 8.66. The van der Waals surface area contributed by atoms with Crippen LogP contribution in [0.25, 0.3) is 11.1 Å². The maximum Gasteiger partial charge on any atom is 0.306 e. The van der Waals surface area contributed by atoms with Crippen LogP contribution in [0, 0.1) is 0 Å². The second-order valence-corrected chi connectivity index (χ2v) is 4.10. The van der Waals surface area contributed by atoms with Gasteiger partial charge in [0.1, 0.15) is 0 Å². The van der Waals surface area contributed by atoms with Crippen LogP contribution in [0.1, 0.15) is 18.1 Å². The van der Waals surface area contributed by atoms with Gasteiger partial charge in [-0.25, -0.2) is 0 Å². The molecule has 0 fully saturated rings. The molecule has 1 atom stereocenters. The van der Waals surface area contributed by atoms with Gasteiger partial charge in [0.05, 0.1) is 12.5 Å². The predicted octanol–water partition coefficient (Wildman–Crippen LogP) is 2.86. The summed E-state index contributed by atoms with van der Waals surface area (Å²) in [5, 5.41) is 18.3. The zero-order valence-electron chi connectivity index (χ0n) is 9.78. The smallest absolute Gasteiger partial charge is 0.306 e. The van der Waals surface area contributed by atoms with Crippen molar-refractivity contribution in [2.24, 2.45) is 0 Å². The third kappa shape index (κ3) is 2.96. The van der Waals surface area contributed by atoms with Crippen LogP contribution in [0.2, 0.25) is 0 Å². The lowest BCUT2D eigenvalue weighted by molar-refractivity contribution is -0.139. The summed E-state index contributed by atoms with van der Waals surface area (Å²) >= 11 is 0. The van der Waals surface area contributed by atoms with Crippen LogP contribution in [0.5, 0.6) is 0 Å². The van der Waals surface area contributed by atoms with Crippen molar-refractivity contribution in [2.45, 2.75) is 12.5 Å². The van der Waals surface area contributed by atoms with Crippen LogP contribution in [0.3, 0.4) is 0 Å². The van der Waals surface area contributed by atoms with Crippen molar-refractivity contribution < 1.29 is 15.0 Å². The molecule has 1 unspecified atom stereocenters. The van der Waals surface area contributed by atoms with Gasteiger partial charge in [0.2, 0.25) is 0 Å². The molecule has 0 aliphatic heterocycles. The van der Waals surface area contributed by atoms with Gasteiger partial charge in [-0.15, -0.1) is 0 Å². The van der Waals surface area contributed by atoms with Gasteiger partial charge in [0.25, 0.3) is 0 Å². The minimum atomic E-state index is -1.00. The predicted molar refractivity (Wildman–Crippen MR) is 69.1 cm³/mol. The number of carbonyl (C=O) groups is 1. The summed E-state index contributed by atoms with van der Waals surface area (Å²) in [7, 11) is 0. The van der Waals surface area contributed by atoms with Gasteiger partial charge in [-0.2, -0.15) is 0 Å². The number of benzene rings is 2. The van der Waals surface area contributed by atoms with E-state index in [2.05, 4.69) is 0 Å². The first kappa shape index (κ1) is 12.3. The minimum Gasteiger partial charge on any atom is -0.481 e. The Morgan fingerprint density at radius 2 is 1.50 bits per heavy atom. The zero-order chi connectivity index (χ0) is 13.0. The number of aliphatic hydroxyl groups excluding tert-OH is 1. The number of carboxylic acid groups (broad SMARTS) is 1. The molecule has 0 radical (unpaired) electrons. The van der Waals surface area contributed by atoms with Crippen molar-refractivity contribution in [3.05, 3.63) is 60.2 Å². The lowest BCUT2D eigenvalue weighted by atomic mass is 10.0. The molecule has 0 aliphatic carbocycles. The number of aliphatic carboxylic acids is 1. The van der Waals surface area contributed by atoms with Crippen molar-refractivity contribution >= 4 is 5.97 Å². The molecule has 3 nitrogen and oxygen atoms in total. The fourth-order valence-corrected chi connectivity index (χ4v) is 1.81. The van der Waals surface area contributed by atoms with Gasteiger partial charge < -0.3 is 10.2 Å². The maximum absolute atomic E-state index is 10.5. The Hall–Kier alpha value is -2.13. The van der Waals surface area contributed by atoms with Gasteiger partial charge >= 0.3 is 5.97 Å². The zero-order valence-corrected chi connectivity index (χ0v) is 9.78. The van der Waals surface area contributed by atoms with Crippen LogP contribution < -0.4 is 0 Å². The number of rotatable bonds is 4. The quantitative estimate of drug-likeness (QED) is 0.866. The van der Waals surface area contributed by atoms with Crippen molar-refractivity contribution in [3.8, 4) is 11.1 Å². The van der Waals surface area contributed by atoms with Crippen LogP contribution in [0.15, 0.2) is 54.6 Å². The van der Waals surface area contributed by atoms with Crippen LogP contribution in [-0.4, -0.2) is 16.2 Å². The van der Waals surface area contributed by atoms with Crippen LogP contribution in [0.4, 0.5) is 0 Å². The summed E-state index contributed by atoms with van der Waals surface area (Å²) in [6.45, 7) is 0. The van der Waals surface area contributed by atoms with Crippen molar-refractivity contribution in [2.75, 3.05) is 0 Å². The van der Waals surface area contributed by atoms with Crippen molar-refractivity contribution in [1.29, 1.82) is 0 Å². The average molecular weight is 242 g/mol. The summed E-state index contributed by atoms with van der Waals surface area (Å²) in [5.74, 6) is -1.00. The van der Waals surface area contributed by atoms with E-state index in [1.54, 1.807) is 12.1 Å². The second kappa shape index (κ2) is 5.47. The molecule has 2 N–H and O–H groups in total. The highest BCUT2D eigenvalue weighted by atomic mass is 16.4. The summed E-state index contributed by atoms with van der Waals surface area (Å²) in [6, 6.07) is 17.2. The molecule has 0 saturated carbocycles. The van der Waals surface area contributed by atoms with E-state index in [-0.39, 0.29) is 6.42 Å². The monoisotopic (exact) mass is 242 g/mol. The van der Waals surface area contributed by atoms with E-state index in [9.17, 15) is 9.90 Å². The molecule has 0 spiro atoms. The molecule has 92 valence electrons. The standard InChI is InChI=1S/C15H14O3/c16-14(10-15(17)18)13-8-6-12(7-9-13)11-4-2-1-3-5-11/h1-9,14,16H,10H2,(H,17,18). The van der Waals surface area contributed by atoms with Crippen molar-refractivity contribution in [3.63, 3.8) is 0 Å². The summed E-state index contributed by atoms with van der Waals surface area (Å²) in [4.78, 5) is 10.5. The highest BCUT2D eigenvalue weighted by Crippen LogP contribution is 2.23. The lowest BCUT2D eigenvalue weighted by Gasteiger charge is -2.09. The van der Waals surface area contributed by atoms with E-state index < -0.39 is 12.1 Å². The first-order valence-electron chi connectivity index (χ1n) is 5.72. The molecule has 2 rings (SSSR count). The highest BCUT2D eigenvalue weighted by molar-refractivity contribution is 5.68. The largest absolute Gasteiger partial charge is 0.481 e. The number of aliphatic hydroxyl groups is 1. The van der Waals surface area contributed by atoms with Gasteiger partial charge in [0, 0.05) is 0 Å². The average Bonchev–Trinajstić information content (AvgIpc) is 2.39. The molecule has 18 heavy (non-hydrogen) atoms. The highest BCUT2D eigenvalue weighted by Gasteiger charge is 2.11. The van der Waals surface area contributed by atoms with E-state index >= 15 is 0 Å². The van der Waals surface area contributed by atoms with Crippen LogP contribution >= 0.6 is 0 Å². The fourth-order valence-electron chi connectivity index (χ4n) is 1.81. The Labute approximate surface area is 105 Å². The Bertz CT molecular complexity index is 517. The number of hydrogen-bond donors (Lipinski definition) is 2. The van der Waals surface area contributed by atoms with E-state index in [0.717, 1.165) is 11.1 Å². The summed E-state index contributed by atoms with van der Waals surface area (Å²) < 4.78 is 0. The van der Waals surface area contributed by atoms with Gasteiger partial charge in [0.15, 0.2) is 0 Å². The Kier molecular flexibility index (Phi) is 3.75. The number of hydrogen-bond acceptors (Lipinski definition) is 2.